The summed E-state index contributed by atoms with van der Waals surface area (Å²) in [6, 6.07) is 8.53. The van der Waals surface area contributed by atoms with Crippen LogP contribution in [0.3, 0.4) is 0 Å². The van der Waals surface area contributed by atoms with Crippen LogP contribution in [0.1, 0.15) is 39.0 Å². The first-order valence-electron chi connectivity index (χ1n) is 7.89. The van der Waals surface area contributed by atoms with Gasteiger partial charge in [-0.2, -0.15) is 0 Å². The second kappa shape index (κ2) is 7.74. The maximum Gasteiger partial charge on any atom is 0.240 e. The second-order valence-electron chi connectivity index (χ2n) is 5.61. The molecule has 1 atom stereocenters. The Morgan fingerprint density at radius 3 is 2.68 bits per heavy atom. The molecule has 0 aromatic heterocycles. The van der Waals surface area contributed by atoms with Crippen LogP contribution < -0.4 is 4.72 Å². The van der Waals surface area contributed by atoms with Crippen molar-refractivity contribution in [2.24, 2.45) is 0 Å². The third-order valence-electron chi connectivity index (χ3n) is 4.10. The topological polar surface area (TPSA) is 66.5 Å². The van der Waals surface area contributed by atoms with E-state index in [-0.39, 0.29) is 23.8 Å². The van der Waals surface area contributed by atoms with Gasteiger partial charge in [0.05, 0.1) is 4.90 Å². The summed E-state index contributed by atoms with van der Waals surface area (Å²) in [4.78, 5) is 14.4. The molecule has 1 fully saturated rings. The fourth-order valence-corrected chi connectivity index (χ4v) is 3.93. The summed E-state index contributed by atoms with van der Waals surface area (Å²) in [5, 5.41) is 0. The summed E-state index contributed by atoms with van der Waals surface area (Å²) in [5.41, 5.74) is 0. The van der Waals surface area contributed by atoms with Crippen molar-refractivity contribution in [2.75, 3.05) is 13.1 Å². The molecule has 0 aliphatic carbocycles. The lowest BCUT2D eigenvalue weighted by atomic mass is 9.99. The number of piperidine rings is 1. The minimum atomic E-state index is -3.53. The van der Waals surface area contributed by atoms with E-state index in [1.54, 1.807) is 30.3 Å². The van der Waals surface area contributed by atoms with Gasteiger partial charge in [0.15, 0.2) is 0 Å². The van der Waals surface area contributed by atoms with Crippen LogP contribution in [0.5, 0.6) is 0 Å². The smallest absolute Gasteiger partial charge is 0.240 e. The van der Waals surface area contributed by atoms with Crippen molar-refractivity contribution in [3.05, 3.63) is 30.3 Å². The van der Waals surface area contributed by atoms with Gasteiger partial charge < -0.3 is 4.90 Å². The summed E-state index contributed by atoms with van der Waals surface area (Å²) < 4.78 is 26.7. The van der Waals surface area contributed by atoms with Crippen molar-refractivity contribution in [3.63, 3.8) is 0 Å². The highest BCUT2D eigenvalue weighted by Crippen LogP contribution is 2.20. The van der Waals surface area contributed by atoms with Gasteiger partial charge in [-0.1, -0.05) is 25.1 Å². The van der Waals surface area contributed by atoms with Crippen LogP contribution in [0.4, 0.5) is 0 Å². The lowest BCUT2D eigenvalue weighted by molar-refractivity contribution is -0.134. The molecule has 122 valence electrons. The van der Waals surface area contributed by atoms with E-state index in [1.165, 1.54) is 6.42 Å². The van der Waals surface area contributed by atoms with Gasteiger partial charge >= 0.3 is 0 Å². The van der Waals surface area contributed by atoms with Crippen LogP contribution in [0.25, 0.3) is 0 Å². The molecule has 1 heterocycles. The van der Waals surface area contributed by atoms with Crippen molar-refractivity contribution >= 4 is 15.9 Å². The van der Waals surface area contributed by atoms with Crippen molar-refractivity contribution in [3.8, 4) is 0 Å². The van der Waals surface area contributed by atoms with Gasteiger partial charge in [-0.3, -0.25) is 4.79 Å². The highest BCUT2D eigenvalue weighted by molar-refractivity contribution is 7.89. The zero-order valence-electron chi connectivity index (χ0n) is 13.0. The Hall–Kier alpha value is -1.40. The molecule has 0 unspecified atom stereocenters. The average molecular weight is 324 g/mol. The van der Waals surface area contributed by atoms with Crippen LogP contribution in [-0.4, -0.2) is 38.4 Å². The lowest BCUT2D eigenvalue weighted by Gasteiger charge is -2.35. The molecule has 5 nitrogen and oxygen atoms in total. The molecule has 2 rings (SSSR count). The summed E-state index contributed by atoms with van der Waals surface area (Å²) in [7, 11) is -3.53. The third-order valence-corrected chi connectivity index (χ3v) is 5.58. The van der Waals surface area contributed by atoms with E-state index < -0.39 is 10.0 Å². The Labute approximate surface area is 132 Å². The minimum absolute atomic E-state index is 0.0438. The van der Waals surface area contributed by atoms with Gasteiger partial charge in [0.25, 0.3) is 0 Å². The number of carbonyl (C=O) groups excluding carboxylic acids is 1. The van der Waals surface area contributed by atoms with Gasteiger partial charge in [-0.25, -0.2) is 13.1 Å². The first-order valence-corrected chi connectivity index (χ1v) is 9.37. The zero-order chi connectivity index (χ0) is 16.0. The van der Waals surface area contributed by atoms with Crippen molar-refractivity contribution in [1.29, 1.82) is 0 Å². The van der Waals surface area contributed by atoms with Crippen LogP contribution in [0.15, 0.2) is 35.2 Å². The lowest BCUT2D eigenvalue weighted by Crippen LogP contribution is -2.44. The molecule has 1 aliphatic heterocycles. The number of nitrogens with one attached hydrogen (secondary N) is 1. The van der Waals surface area contributed by atoms with Gasteiger partial charge in [-0.05, 0) is 37.8 Å². The first kappa shape index (κ1) is 17.0. The Morgan fingerprint density at radius 1 is 1.27 bits per heavy atom. The normalized spacial score (nSPS) is 19.1. The number of hydrogen-bond acceptors (Lipinski definition) is 3. The highest BCUT2D eigenvalue weighted by Gasteiger charge is 2.25. The fourth-order valence-electron chi connectivity index (χ4n) is 2.87. The van der Waals surface area contributed by atoms with E-state index in [0.29, 0.717) is 6.04 Å². The largest absolute Gasteiger partial charge is 0.340 e. The summed E-state index contributed by atoms with van der Waals surface area (Å²) in [6.45, 7) is 3.03. The highest BCUT2D eigenvalue weighted by atomic mass is 32.2. The van der Waals surface area contributed by atoms with E-state index in [1.807, 2.05) is 4.90 Å². The molecule has 0 radical (unpaired) electrons. The predicted molar refractivity (Wildman–Crippen MR) is 85.9 cm³/mol. The monoisotopic (exact) mass is 324 g/mol. The van der Waals surface area contributed by atoms with E-state index >= 15 is 0 Å². The van der Waals surface area contributed by atoms with Gasteiger partial charge in [0, 0.05) is 25.6 Å². The van der Waals surface area contributed by atoms with Gasteiger partial charge in [-0.15, -0.1) is 0 Å². The van der Waals surface area contributed by atoms with E-state index in [4.69, 9.17) is 0 Å². The van der Waals surface area contributed by atoms with Crippen molar-refractivity contribution in [1.82, 2.24) is 9.62 Å². The van der Waals surface area contributed by atoms with Gasteiger partial charge in [0.1, 0.15) is 0 Å². The molecule has 1 N–H and O–H groups in total. The zero-order valence-corrected chi connectivity index (χ0v) is 13.8. The van der Waals surface area contributed by atoms with E-state index in [9.17, 15) is 13.2 Å². The summed E-state index contributed by atoms with van der Waals surface area (Å²) in [5.74, 6) is 0.0438. The van der Waals surface area contributed by atoms with Crippen LogP contribution >= 0.6 is 0 Å². The molecule has 0 bridgehead atoms. The quantitative estimate of drug-likeness (QED) is 0.872. The van der Waals surface area contributed by atoms with E-state index in [2.05, 4.69) is 11.6 Å². The number of carbonyl (C=O) groups is 1. The Balaban J connectivity index is 1.86. The number of likely N-dealkylation sites (tertiary alicyclic amines) is 1. The maximum absolute atomic E-state index is 12.3. The Bertz CT molecular complexity index is 587. The van der Waals surface area contributed by atoms with Crippen LogP contribution in [0, 0.1) is 0 Å². The second-order valence-corrected chi connectivity index (χ2v) is 7.37. The van der Waals surface area contributed by atoms with Crippen molar-refractivity contribution < 1.29 is 13.2 Å². The molecule has 1 aliphatic rings. The molecule has 1 aromatic rings. The predicted octanol–water partition coefficient (Wildman–Crippen LogP) is 2.15. The van der Waals surface area contributed by atoms with Gasteiger partial charge in [0.2, 0.25) is 15.9 Å². The molecule has 1 saturated heterocycles. The first-order chi connectivity index (χ1) is 10.5. The Morgan fingerprint density at radius 2 is 2.00 bits per heavy atom. The van der Waals surface area contributed by atoms with Crippen molar-refractivity contribution in [2.45, 2.75) is 50.0 Å². The molecule has 1 aromatic carbocycles. The molecule has 0 saturated carbocycles. The maximum atomic E-state index is 12.3. The summed E-state index contributed by atoms with van der Waals surface area (Å²) in [6.07, 6.45) is 4.43. The number of benzene rings is 1. The number of hydrogen-bond donors (Lipinski definition) is 1. The number of amides is 1. The molecule has 1 amide bonds. The number of rotatable bonds is 6. The minimum Gasteiger partial charge on any atom is -0.340 e. The standard InChI is InChI=1S/C16H24N2O3S/c1-2-14-8-6-7-13-18(14)16(19)11-12-17-22(20,21)15-9-4-3-5-10-15/h3-5,9-10,14,17H,2,6-8,11-13H2,1H3/t14-/m1/s1. The van der Waals surface area contributed by atoms with E-state index in [0.717, 1.165) is 25.8 Å². The average Bonchev–Trinajstić information content (AvgIpc) is 2.55. The van der Waals surface area contributed by atoms with Crippen LogP contribution in [0.2, 0.25) is 0 Å². The Kier molecular flexibility index (Phi) is 5.97. The number of sulfonamides is 1. The molecular weight excluding hydrogens is 300 g/mol. The molecular formula is C16H24N2O3S. The molecule has 6 heteroatoms. The molecule has 22 heavy (non-hydrogen) atoms. The summed E-state index contributed by atoms with van der Waals surface area (Å²) >= 11 is 0. The number of nitrogens with zero attached hydrogens (tertiary/aromatic N) is 1. The molecule has 0 spiro atoms. The third kappa shape index (κ3) is 4.30. The SMILES string of the molecule is CC[C@@H]1CCCCN1C(=O)CCNS(=O)(=O)c1ccccc1. The fraction of sp³-hybridized carbons (Fsp3) is 0.562. The van der Waals surface area contributed by atoms with Crippen LogP contribution in [-0.2, 0) is 14.8 Å².